The van der Waals surface area contributed by atoms with Gasteiger partial charge in [0.05, 0.1) is 24.9 Å². The maximum Gasteiger partial charge on any atom is 0.274 e. The number of hydrogen-bond acceptors (Lipinski definition) is 4. The molecular formula is C10H11ClN4O. The van der Waals surface area contributed by atoms with Gasteiger partial charge in [-0.3, -0.25) is 9.78 Å². The monoisotopic (exact) mass is 238 g/mol. The molecule has 0 bridgehead atoms. The first-order valence-electron chi connectivity index (χ1n) is 4.82. The predicted molar refractivity (Wildman–Crippen MR) is 58.8 cm³/mol. The lowest BCUT2D eigenvalue weighted by Crippen LogP contribution is -2.32. The molecule has 0 spiro atoms. The summed E-state index contributed by atoms with van der Waals surface area (Å²) >= 11 is 5.64. The summed E-state index contributed by atoms with van der Waals surface area (Å²) < 4.78 is 0. The molecule has 0 unspecified atom stereocenters. The maximum absolute atomic E-state index is 11.9. The Hall–Kier alpha value is -1.67. The first-order chi connectivity index (χ1) is 7.69. The van der Waals surface area contributed by atoms with Gasteiger partial charge in [-0.15, -0.1) is 0 Å². The van der Waals surface area contributed by atoms with Crippen molar-refractivity contribution in [2.24, 2.45) is 0 Å². The van der Waals surface area contributed by atoms with Gasteiger partial charge < -0.3 is 4.90 Å². The molecule has 0 aliphatic carbocycles. The van der Waals surface area contributed by atoms with Crippen LogP contribution >= 0.6 is 11.6 Å². The Kier molecular flexibility index (Phi) is 4.67. The lowest BCUT2D eigenvalue weighted by atomic mass is 10.3. The van der Waals surface area contributed by atoms with Gasteiger partial charge in [0.25, 0.3) is 5.91 Å². The fraction of sp³-hybridized carbons (Fsp3) is 0.400. The van der Waals surface area contributed by atoms with Crippen LogP contribution in [-0.2, 0) is 0 Å². The Balaban J connectivity index is 2.79. The molecule has 1 aromatic rings. The van der Waals surface area contributed by atoms with Gasteiger partial charge in [-0.1, -0.05) is 11.6 Å². The predicted octanol–water partition coefficient (Wildman–Crippen LogP) is 1.51. The van der Waals surface area contributed by atoms with Gasteiger partial charge in [0.15, 0.2) is 0 Å². The molecule has 6 heteroatoms. The topological polar surface area (TPSA) is 69.9 Å². The number of nitrogens with zero attached hydrogens (tertiary/aromatic N) is 4. The van der Waals surface area contributed by atoms with Crippen molar-refractivity contribution in [1.29, 1.82) is 5.26 Å². The molecule has 0 N–H and O–H groups in total. The molecule has 0 aliphatic heterocycles. The fourth-order valence-corrected chi connectivity index (χ4v) is 1.34. The molecule has 16 heavy (non-hydrogen) atoms. The van der Waals surface area contributed by atoms with E-state index >= 15 is 0 Å². The Labute approximate surface area is 98.7 Å². The van der Waals surface area contributed by atoms with Crippen molar-refractivity contribution in [3.8, 4) is 6.07 Å². The number of aromatic nitrogens is 2. The minimum Gasteiger partial charge on any atom is -0.337 e. The number of amides is 1. The molecule has 1 heterocycles. The zero-order valence-electron chi connectivity index (χ0n) is 8.85. The summed E-state index contributed by atoms with van der Waals surface area (Å²) in [6, 6.07) is 1.99. The van der Waals surface area contributed by atoms with Gasteiger partial charge in [-0.2, -0.15) is 5.26 Å². The standard InChI is InChI=1S/C10H11ClN4O/c1-2-15(5-3-4-12)10(16)8-6-13-7-9(11)14-8/h6-7H,2-3,5H2,1H3. The van der Waals surface area contributed by atoms with Crippen molar-refractivity contribution >= 4 is 17.5 Å². The molecule has 0 saturated heterocycles. The zero-order chi connectivity index (χ0) is 12.0. The summed E-state index contributed by atoms with van der Waals surface area (Å²) in [6.07, 6.45) is 3.03. The van der Waals surface area contributed by atoms with Crippen LogP contribution in [0.25, 0.3) is 0 Å². The van der Waals surface area contributed by atoms with E-state index in [-0.39, 0.29) is 16.8 Å². The van der Waals surface area contributed by atoms with E-state index in [0.717, 1.165) is 0 Å². The maximum atomic E-state index is 11.9. The SMILES string of the molecule is CCN(CCC#N)C(=O)c1cncc(Cl)n1. The van der Waals surface area contributed by atoms with Crippen LogP contribution < -0.4 is 0 Å². The summed E-state index contributed by atoms with van der Waals surface area (Å²) in [6.45, 7) is 2.75. The smallest absolute Gasteiger partial charge is 0.274 e. The number of halogens is 1. The minimum atomic E-state index is -0.257. The average Bonchev–Trinajstić information content (AvgIpc) is 2.29. The number of rotatable bonds is 4. The third-order valence-corrected chi connectivity index (χ3v) is 2.17. The van der Waals surface area contributed by atoms with E-state index in [1.54, 1.807) is 0 Å². The van der Waals surface area contributed by atoms with Crippen molar-refractivity contribution in [1.82, 2.24) is 14.9 Å². The Morgan fingerprint density at radius 1 is 1.62 bits per heavy atom. The lowest BCUT2D eigenvalue weighted by Gasteiger charge is -2.18. The summed E-state index contributed by atoms with van der Waals surface area (Å²) in [5.74, 6) is -0.257. The Bertz CT molecular complexity index is 416. The molecule has 0 radical (unpaired) electrons. The number of carbonyl (C=O) groups is 1. The highest BCUT2D eigenvalue weighted by Crippen LogP contribution is 2.06. The fourth-order valence-electron chi connectivity index (χ4n) is 1.20. The normalized spacial score (nSPS) is 9.56. The highest BCUT2D eigenvalue weighted by atomic mass is 35.5. The third-order valence-electron chi connectivity index (χ3n) is 1.99. The molecule has 1 aromatic heterocycles. The van der Waals surface area contributed by atoms with Crippen LogP contribution in [0.15, 0.2) is 12.4 Å². The van der Waals surface area contributed by atoms with Gasteiger partial charge in [0.2, 0.25) is 0 Å². The summed E-state index contributed by atoms with van der Waals surface area (Å²) in [5, 5.41) is 8.65. The highest BCUT2D eigenvalue weighted by Gasteiger charge is 2.15. The van der Waals surface area contributed by atoms with Crippen LogP contribution in [0.1, 0.15) is 23.8 Å². The number of nitriles is 1. The molecule has 0 fully saturated rings. The quantitative estimate of drug-likeness (QED) is 0.797. The van der Waals surface area contributed by atoms with Gasteiger partial charge in [-0.25, -0.2) is 4.98 Å². The molecule has 0 saturated carbocycles. The highest BCUT2D eigenvalue weighted by molar-refractivity contribution is 6.29. The van der Waals surface area contributed by atoms with Crippen LogP contribution in [0, 0.1) is 11.3 Å². The average molecular weight is 239 g/mol. The van der Waals surface area contributed by atoms with Crippen molar-refractivity contribution in [2.45, 2.75) is 13.3 Å². The van der Waals surface area contributed by atoms with E-state index in [9.17, 15) is 4.79 Å². The van der Waals surface area contributed by atoms with Crippen LogP contribution in [0.4, 0.5) is 0 Å². The van der Waals surface area contributed by atoms with E-state index in [1.807, 2.05) is 13.0 Å². The lowest BCUT2D eigenvalue weighted by molar-refractivity contribution is 0.0761. The van der Waals surface area contributed by atoms with Gasteiger partial charge in [0, 0.05) is 13.1 Å². The van der Waals surface area contributed by atoms with E-state index in [0.29, 0.717) is 19.5 Å². The Morgan fingerprint density at radius 3 is 2.94 bits per heavy atom. The molecule has 5 nitrogen and oxygen atoms in total. The third kappa shape index (κ3) is 3.17. The summed E-state index contributed by atoms with van der Waals surface area (Å²) in [4.78, 5) is 21.1. The second-order valence-corrected chi connectivity index (χ2v) is 3.41. The second kappa shape index (κ2) is 6.03. The van der Waals surface area contributed by atoms with Gasteiger partial charge in [0.1, 0.15) is 10.8 Å². The van der Waals surface area contributed by atoms with Gasteiger partial charge >= 0.3 is 0 Å². The summed E-state index contributed by atoms with van der Waals surface area (Å²) in [7, 11) is 0. The number of hydrogen-bond donors (Lipinski definition) is 0. The van der Waals surface area contributed by atoms with Crippen LogP contribution in [0.3, 0.4) is 0 Å². The van der Waals surface area contributed by atoms with Gasteiger partial charge in [-0.05, 0) is 6.92 Å². The number of carbonyl (C=O) groups excluding carboxylic acids is 1. The Morgan fingerprint density at radius 2 is 2.38 bits per heavy atom. The molecule has 0 atom stereocenters. The molecule has 0 aromatic carbocycles. The van der Waals surface area contributed by atoms with Crippen LogP contribution in [-0.4, -0.2) is 33.9 Å². The molecule has 1 amide bonds. The largest absolute Gasteiger partial charge is 0.337 e. The van der Waals surface area contributed by atoms with E-state index in [4.69, 9.17) is 16.9 Å². The molecule has 1 rings (SSSR count). The first-order valence-corrected chi connectivity index (χ1v) is 5.20. The van der Waals surface area contributed by atoms with Crippen molar-refractivity contribution in [2.75, 3.05) is 13.1 Å². The van der Waals surface area contributed by atoms with Crippen LogP contribution in [0.2, 0.25) is 5.15 Å². The first kappa shape index (κ1) is 12.4. The van der Waals surface area contributed by atoms with Crippen molar-refractivity contribution in [3.05, 3.63) is 23.2 Å². The molecular weight excluding hydrogens is 228 g/mol. The van der Waals surface area contributed by atoms with Crippen molar-refractivity contribution in [3.63, 3.8) is 0 Å². The minimum absolute atomic E-state index is 0.183. The van der Waals surface area contributed by atoms with E-state index in [1.165, 1.54) is 17.3 Å². The zero-order valence-corrected chi connectivity index (χ0v) is 9.61. The molecule has 84 valence electrons. The second-order valence-electron chi connectivity index (χ2n) is 3.02. The van der Waals surface area contributed by atoms with E-state index < -0.39 is 0 Å². The van der Waals surface area contributed by atoms with Crippen LogP contribution in [0.5, 0.6) is 0 Å². The van der Waals surface area contributed by atoms with E-state index in [2.05, 4.69) is 9.97 Å². The van der Waals surface area contributed by atoms with Crippen molar-refractivity contribution < 1.29 is 4.79 Å². The summed E-state index contributed by atoms with van der Waals surface area (Å²) in [5.41, 5.74) is 0.201. The molecule has 0 aliphatic rings.